The van der Waals surface area contributed by atoms with Crippen molar-refractivity contribution in [1.82, 2.24) is 5.32 Å². The Hall–Kier alpha value is -1.30. The molecule has 3 unspecified atom stereocenters. The number of rotatable bonds is 6. The van der Waals surface area contributed by atoms with Crippen molar-refractivity contribution >= 4 is 11.9 Å². The first-order chi connectivity index (χ1) is 9.40. The molecular weight excluding hydrogens is 256 g/mol. The largest absolute Gasteiger partial charge is 0.393 e. The number of aliphatic hydroxyl groups excluding tert-OH is 1. The van der Waals surface area contributed by atoms with Crippen molar-refractivity contribution in [2.24, 2.45) is 28.3 Å². The van der Waals surface area contributed by atoms with E-state index in [2.05, 4.69) is 24.2 Å². The van der Waals surface area contributed by atoms with Crippen LogP contribution in [0.15, 0.2) is 4.99 Å². The number of hydrogen-bond donors (Lipinski definition) is 4. The second-order valence-corrected chi connectivity index (χ2v) is 5.65. The highest BCUT2D eigenvalue weighted by atomic mass is 16.3. The minimum absolute atomic E-state index is 0.0419. The van der Waals surface area contributed by atoms with Gasteiger partial charge in [-0.2, -0.15) is 0 Å². The van der Waals surface area contributed by atoms with Gasteiger partial charge in [0.05, 0.1) is 12.1 Å². The van der Waals surface area contributed by atoms with Crippen molar-refractivity contribution in [3.8, 4) is 0 Å². The predicted octanol–water partition coefficient (Wildman–Crippen LogP) is 0.340. The highest BCUT2D eigenvalue weighted by molar-refractivity contribution is 5.76. The van der Waals surface area contributed by atoms with Gasteiger partial charge in [0, 0.05) is 18.9 Å². The van der Waals surface area contributed by atoms with Crippen LogP contribution in [0.2, 0.25) is 0 Å². The van der Waals surface area contributed by atoms with E-state index in [1.807, 2.05) is 0 Å². The molecule has 1 saturated carbocycles. The number of amides is 1. The predicted molar refractivity (Wildman–Crippen MR) is 80.0 cm³/mol. The van der Waals surface area contributed by atoms with Gasteiger partial charge in [-0.3, -0.25) is 4.79 Å². The summed E-state index contributed by atoms with van der Waals surface area (Å²) in [6, 6.07) is -0.208. The number of nitrogens with two attached hydrogens (primary N) is 2. The van der Waals surface area contributed by atoms with E-state index in [-0.39, 0.29) is 29.9 Å². The average molecular weight is 284 g/mol. The van der Waals surface area contributed by atoms with Crippen LogP contribution >= 0.6 is 0 Å². The van der Waals surface area contributed by atoms with Crippen molar-refractivity contribution < 1.29 is 9.90 Å². The van der Waals surface area contributed by atoms with Crippen LogP contribution in [0.25, 0.3) is 0 Å². The number of carbonyl (C=O) groups excluding carboxylic acids is 1. The highest BCUT2D eigenvalue weighted by Gasteiger charge is 2.43. The summed E-state index contributed by atoms with van der Waals surface area (Å²) in [5.74, 6) is 0.156. The number of carbonyl (C=O) groups is 1. The zero-order valence-corrected chi connectivity index (χ0v) is 12.7. The third-order valence-electron chi connectivity index (χ3n) is 4.30. The average Bonchev–Trinajstić information content (AvgIpc) is 2.69. The number of hydrogen-bond acceptors (Lipinski definition) is 3. The van der Waals surface area contributed by atoms with Gasteiger partial charge in [-0.15, -0.1) is 0 Å². The van der Waals surface area contributed by atoms with Gasteiger partial charge in [-0.1, -0.05) is 26.7 Å². The van der Waals surface area contributed by atoms with Crippen molar-refractivity contribution in [2.75, 3.05) is 0 Å². The molecule has 1 aliphatic rings. The molecule has 116 valence electrons. The molecule has 0 aromatic heterocycles. The second kappa shape index (κ2) is 7.47. The van der Waals surface area contributed by atoms with Crippen molar-refractivity contribution in [1.29, 1.82) is 0 Å². The van der Waals surface area contributed by atoms with Gasteiger partial charge in [0.25, 0.3) is 0 Å². The second-order valence-electron chi connectivity index (χ2n) is 5.65. The van der Waals surface area contributed by atoms with Gasteiger partial charge in [0.2, 0.25) is 5.91 Å². The Morgan fingerprint density at radius 3 is 2.40 bits per heavy atom. The topological polar surface area (TPSA) is 114 Å². The summed E-state index contributed by atoms with van der Waals surface area (Å²) in [5, 5.41) is 13.3. The molecule has 0 saturated heterocycles. The molecule has 0 aliphatic heterocycles. The fourth-order valence-corrected chi connectivity index (χ4v) is 3.36. The summed E-state index contributed by atoms with van der Waals surface area (Å²) in [7, 11) is 0. The monoisotopic (exact) mass is 284 g/mol. The van der Waals surface area contributed by atoms with Crippen LogP contribution in [-0.2, 0) is 4.79 Å². The maximum atomic E-state index is 11.5. The van der Waals surface area contributed by atoms with E-state index in [0.717, 1.165) is 19.3 Å². The van der Waals surface area contributed by atoms with Crippen molar-refractivity contribution in [3.63, 3.8) is 0 Å². The van der Waals surface area contributed by atoms with Crippen molar-refractivity contribution in [3.05, 3.63) is 0 Å². The molecule has 4 atom stereocenters. The number of nitrogens with one attached hydrogen (secondary N) is 1. The third-order valence-corrected chi connectivity index (χ3v) is 4.30. The summed E-state index contributed by atoms with van der Waals surface area (Å²) >= 11 is 0. The van der Waals surface area contributed by atoms with Gasteiger partial charge in [-0.05, 0) is 18.8 Å². The molecule has 1 aliphatic carbocycles. The van der Waals surface area contributed by atoms with Crippen LogP contribution in [0.4, 0.5) is 0 Å². The van der Waals surface area contributed by atoms with Crippen molar-refractivity contribution in [2.45, 2.75) is 64.6 Å². The minimum Gasteiger partial charge on any atom is -0.393 e. The number of guanidine groups is 1. The number of aliphatic hydroxyl groups is 1. The van der Waals surface area contributed by atoms with E-state index in [0.29, 0.717) is 12.3 Å². The lowest BCUT2D eigenvalue weighted by Crippen LogP contribution is -2.50. The lowest BCUT2D eigenvalue weighted by atomic mass is 9.81. The maximum absolute atomic E-state index is 11.5. The Bertz CT molecular complexity index is 351. The van der Waals surface area contributed by atoms with Crippen LogP contribution in [0.1, 0.15) is 46.5 Å². The molecule has 0 bridgehead atoms. The number of aliphatic imine (C=N–C) groups is 1. The summed E-state index contributed by atoms with van der Waals surface area (Å²) < 4.78 is 0. The third kappa shape index (κ3) is 4.10. The molecule has 0 spiro atoms. The van der Waals surface area contributed by atoms with E-state index in [9.17, 15) is 9.90 Å². The normalized spacial score (nSPS) is 27.4. The van der Waals surface area contributed by atoms with E-state index >= 15 is 0 Å². The molecule has 1 amide bonds. The Kier molecular flexibility index (Phi) is 6.26. The van der Waals surface area contributed by atoms with Crippen LogP contribution in [0.3, 0.4) is 0 Å². The van der Waals surface area contributed by atoms with Gasteiger partial charge < -0.3 is 21.9 Å². The molecule has 0 radical (unpaired) electrons. The lowest BCUT2D eigenvalue weighted by molar-refractivity contribution is -0.120. The summed E-state index contributed by atoms with van der Waals surface area (Å²) in [4.78, 5) is 15.8. The lowest BCUT2D eigenvalue weighted by Gasteiger charge is -2.35. The Labute approximate surface area is 121 Å². The first kappa shape index (κ1) is 16.8. The van der Waals surface area contributed by atoms with E-state index in [4.69, 9.17) is 11.5 Å². The summed E-state index contributed by atoms with van der Waals surface area (Å²) in [6.45, 7) is 5.70. The fourth-order valence-electron chi connectivity index (χ4n) is 3.36. The Morgan fingerprint density at radius 2 is 1.95 bits per heavy atom. The van der Waals surface area contributed by atoms with E-state index < -0.39 is 6.10 Å². The molecule has 6 heteroatoms. The number of nitrogens with zero attached hydrogens (tertiary/aromatic N) is 1. The van der Waals surface area contributed by atoms with Crippen LogP contribution in [-0.4, -0.2) is 35.2 Å². The Morgan fingerprint density at radius 1 is 1.35 bits per heavy atom. The van der Waals surface area contributed by atoms with Crippen LogP contribution in [0, 0.1) is 11.8 Å². The molecule has 0 heterocycles. The smallest absolute Gasteiger partial charge is 0.217 e. The van der Waals surface area contributed by atoms with Gasteiger partial charge in [0.15, 0.2) is 5.96 Å². The van der Waals surface area contributed by atoms with E-state index in [1.54, 1.807) is 0 Å². The van der Waals surface area contributed by atoms with E-state index in [1.165, 1.54) is 6.92 Å². The molecule has 6 N–H and O–H groups in total. The molecule has 0 aromatic carbocycles. The zero-order chi connectivity index (χ0) is 15.3. The first-order valence-corrected chi connectivity index (χ1v) is 7.44. The van der Waals surface area contributed by atoms with Gasteiger partial charge in [-0.25, -0.2) is 4.99 Å². The maximum Gasteiger partial charge on any atom is 0.217 e. The SMILES string of the molecule is CCC(CC)[C@H](NC(C)=O)C1C(O)CCC1N=C(N)N. The molecule has 0 aromatic rings. The van der Waals surface area contributed by atoms with Gasteiger partial charge >= 0.3 is 0 Å². The summed E-state index contributed by atoms with van der Waals surface area (Å²) in [6.07, 6.45) is 2.83. The zero-order valence-electron chi connectivity index (χ0n) is 12.7. The molecule has 20 heavy (non-hydrogen) atoms. The molecule has 1 fully saturated rings. The minimum atomic E-state index is -0.472. The fraction of sp³-hybridized carbons (Fsp3) is 0.857. The molecule has 6 nitrogen and oxygen atoms in total. The van der Waals surface area contributed by atoms with Crippen LogP contribution < -0.4 is 16.8 Å². The quantitative estimate of drug-likeness (QED) is 0.416. The summed E-state index contributed by atoms with van der Waals surface area (Å²) in [5.41, 5.74) is 11.0. The van der Waals surface area contributed by atoms with Crippen LogP contribution in [0.5, 0.6) is 0 Å². The highest BCUT2D eigenvalue weighted by Crippen LogP contribution is 2.35. The molecular formula is C14H28N4O2. The standard InChI is InChI=1S/C14H28N4O2/c1-4-9(5-2)13(17-8(3)19)12-10(18-14(15)16)6-7-11(12)20/h9-13,20H,4-7H2,1-3H3,(H,17,19)(H4,15,16,18)/t10?,11?,12?,13-/m0/s1. The van der Waals surface area contributed by atoms with Gasteiger partial charge in [0.1, 0.15) is 0 Å². The molecule has 1 rings (SSSR count). The Balaban J connectivity index is 3.01. The first-order valence-electron chi connectivity index (χ1n) is 7.44.